The third-order valence-corrected chi connectivity index (χ3v) is 4.00. The lowest BCUT2D eigenvalue weighted by Gasteiger charge is -2.11. The van der Waals surface area contributed by atoms with E-state index in [0.717, 1.165) is 22.5 Å². The Morgan fingerprint density at radius 2 is 1.86 bits per heavy atom. The van der Waals surface area contributed by atoms with Crippen molar-refractivity contribution in [2.24, 2.45) is 10.7 Å². The number of hydrogen-bond acceptors (Lipinski definition) is 4. The van der Waals surface area contributed by atoms with Gasteiger partial charge >= 0.3 is 0 Å². The number of nitrogens with two attached hydrogens (primary N) is 1. The molecule has 0 atom stereocenters. The molecule has 0 amide bonds. The van der Waals surface area contributed by atoms with Gasteiger partial charge < -0.3 is 21.1 Å². The molecule has 6 nitrogen and oxygen atoms in total. The number of anilines is 2. The van der Waals surface area contributed by atoms with Crippen molar-refractivity contribution >= 4 is 23.2 Å². The Hall–Kier alpha value is -3.54. The van der Waals surface area contributed by atoms with Gasteiger partial charge in [0.2, 0.25) is 0 Å². The number of nitrogens with zero attached hydrogens (tertiary/aromatic N) is 2. The first-order valence-corrected chi connectivity index (χ1v) is 9.12. The normalized spacial score (nSPS) is 11.4. The average Bonchev–Trinajstić information content (AvgIpc) is 2.68. The summed E-state index contributed by atoms with van der Waals surface area (Å²) >= 11 is 0. The smallest absolute Gasteiger partial charge is 0.199 e. The fourth-order valence-electron chi connectivity index (χ4n) is 2.78. The lowest BCUT2D eigenvalue weighted by atomic mass is 10.1. The first-order valence-electron chi connectivity index (χ1n) is 9.12. The lowest BCUT2D eigenvalue weighted by Crippen LogP contribution is -2.22. The van der Waals surface area contributed by atoms with Crippen LogP contribution >= 0.6 is 0 Å². The standard InChI is InChI=1S/C22H25N5O/c1-15(2)25-18-8-6-7-16(13-18)17-11-12-21(24-14-17)27-22(23)26-19-9-4-5-10-20(19)28-3/h4-15,25H,1-3H3,(H3,23,24,26,27). The highest BCUT2D eigenvalue weighted by Crippen LogP contribution is 2.25. The Labute approximate surface area is 165 Å². The number of hydrogen-bond donors (Lipinski definition) is 3. The van der Waals surface area contributed by atoms with E-state index in [0.29, 0.717) is 17.6 Å². The van der Waals surface area contributed by atoms with Crippen molar-refractivity contribution in [2.75, 3.05) is 17.7 Å². The van der Waals surface area contributed by atoms with Crippen LogP contribution in [0.5, 0.6) is 5.75 Å². The van der Waals surface area contributed by atoms with Crippen LogP contribution in [-0.4, -0.2) is 24.1 Å². The second kappa shape index (κ2) is 8.90. The molecule has 0 spiro atoms. The van der Waals surface area contributed by atoms with Crippen LogP contribution in [0.3, 0.4) is 0 Å². The highest BCUT2D eigenvalue weighted by Gasteiger charge is 2.04. The molecule has 1 aromatic heterocycles. The molecule has 0 fully saturated rings. The fourth-order valence-corrected chi connectivity index (χ4v) is 2.78. The van der Waals surface area contributed by atoms with E-state index in [9.17, 15) is 0 Å². The van der Waals surface area contributed by atoms with Crippen LogP contribution in [0, 0.1) is 0 Å². The second-order valence-electron chi connectivity index (χ2n) is 6.61. The Balaban J connectivity index is 1.74. The Morgan fingerprint density at radius 3 is 2.57 bits per heavy atom. The molecule has 2 aromatic carbocycles. The molecule has 0 aliphatic carbocycles. The lowest BCUT2D eigenvalue weighted by molar-refractivity contribution is 0.417. The van der Waals surface area contributed by atoms with E-state index < -0.39 is 0 Å². The second-order valence-corrected chi connectivity index (χ2v) is 6.61. The minimum absolute atomic E-state index is 0.243. The van der Waals surface area contributed by atoms with Crippen molar-refractivity contribution in [3.8, 4) is 16.9 Å². The zero-order valence-corrected chi connectivity index (χ0v) is 16.3. The van der Waals surface area contributed by atoms with Crippen molar-refractivity contribution in [3.05, 3.63) is 66.9 Å². The number of benzene rings is 2. The highest BCUT2D eigenvalue weighted by atomic mass is 16.5. The van der Waals surface area contributed by atoms with E-state index in [4.69, 9.17) is 10.5 Å². The predicted molar refractivity (Wildman–Crippen MR) is 116 cm³/mol. The van der Waals surface area contributed by atoms with Gasteiger partial charge in [0.1, 0.15) is 5.75 Å². The summed E-state index contributed by atoms with van der Waals surface area (Å²) in [5, 5.41) is 6.44. The SMILES string of the molecule is COc1ccccc1NC(N)=Nc1ccc(-c2cccc(NC(C)C)c2)cn1. The van der Waals surface area contributed by atoms with Crippen molar-refractivity contribution in [3.63, 3.8) is 0 Å². The maximum Gasteiger partial charge on any atom is 0.199 e. The maximum atomic E-state index is 6.01. The van der Waals surface area contributed by atoms with Crippen LogP contribution in [0.1, 0.15) is 13.8 Å². The minimum atomic E-state index is 0.243. The largest absolute Gasteiger partial charge is 0.495 e. The molecule has 3 aromatic rings. The molecule has 1 heterocycles. The molecule has 6 heteroatoms. The zero-order chi connectivity index (χ0) is 19.9. The molecular weight excluding hydrogens is 350 g/mol. The zero-order valence-electron chi connectivity index (χ0n) is 16.3. The number of nitrogens with one attached hydrogen (secondary N) is 2. The summed E-state index contributed by atoms with van der Waals surface area (Å²) in [6.07, 6.45) is 1.80. The van der Waals surface area contributed by atoms with E-state index in [-0.39, 0.29) is 5.96 Å². The summed E-state index contributed by atoms with van der Waals surface area (Å²) in [6, 6.07) is 20.0. The quantitative estimate of drug-likeness (QED) is 0.432. The number of methoxy groups -OCH3 is 1. The van der Waals surface area contributed by atoms with Crippen molar-refractivity contribution in [1.29, 1.82) is 0 Å². The first-order chi connectivity index (χ1) is 13.5. The molecule has 0 unspecified atom stereocenters. The Kier molecular flexibility index (Phi) is 6.11. The number of pyridine rings is 1. The van der Waals surface area contributed by atoms with Gasteiger partial charge in [0.25, 0.3) is 0 Å². The summed E-state index contributed by atoms with van der Waals surface area (Å²) < 4.78 is 5.30. The van der Waals surface area contributed by atoms with Gasteiger partial charge in [-0.05, 0) is 55.8 Å². The summed E-state index contributed by atoms with van der Waals surface area (Å²) in [7, 11) is 1.61. The van der Waals surface area contributed by atoms with Gasteiger partial charge in [-0.2, -0.15) is 4.99 Å². The van der Waals surface area contributed by atoms with E-state index in [1.54, 1.807) is 13.3 Å². The third kappa shape index (κ3) is 5.01. The average molecular weight is 375 g/mol. The van der Waals surface area contributed by atoms with Gasteiger partial charge in [0.15, 0.2) is 11.8 Å². The number of guanidine groups is 1. The molecule has 0 aliphatic heterocycles. The molecule has 28 heavy (non-hydrogen) atoms. The number of aromatic nitrogens is 1. The number of para-hydroxylation sites is 2. The molecule has 0 bridgehead atoms. The number of aliphatic imine (C=N–C) groups is 1. The highest BCUT2D eigenvalue weighted by molar-refractivity contribution is 5.95. The van der Waals surface area contributed by atoms with Gasteiger partial charge in [0.05, 0.1) is 12.8 Å². The van der Waals surface area contributed by atoms with Crippen LogP contribution in [0.2, 0.25) is 0 Å². The Morgan fingerprint density at radius 1 is 1.04 bits per heavy atom. The number of ether oxygens (including phenoxy) is 1. The third-order valence-electron chi connectivity index (χ3n) is 4.00. The van der Waals surface area contributed by atoms with E-state index in [1.807, 2.05) is 42.5 Å². The number of rotatable bonds is 6. The molecule has 0 saturated heterocycles. The summed E-state index contributed by atoms with van der Waals surface area (Å²) in [5.74, 6) is 1.46. The molecule has 144 valence electrons. The van der Waals surface area contributed by atoms with E-state index >= 15 is 0 Å². The molecular formula is C22H25N5O. The molecule has 0 radical (unpaired) electrons. The van der Waals surface area contributed by atoms with Crippen molar-refractivity contribution in [1.82, 2.24) is 4.98 Å². The first kappa shape index (κ1) is 19.2. The molecule has 0 saturated carbocycles. The molecule has 0 aliphatic rings. The Bertz CT molecular complexity index is 951. The van der Waals surface area contributed by atoms with Crippen LogP contribution < -0.4 is 21.1 Å². The minimum Gasteiger partial charge on any atom is -0.495 e. The summed E-state index contributed by atoms with van der Waals surface area (Å²) in [6.45, 7) is 4.23. The molecule has 3 rings (SSSR count). The van der Waals surface area contributed by atoms with Crippen LogP contribution in [0.25, 0.3) is 11.1 Å². The topological polar surface area (TPSA) is 84.6 Å². The van der Waals surface area contributed by atoms with Gasteiger partial charge in [-0.25, -0.2) is 4.98 Å². The van der Waals surface area contributed by atoms with E-state index in [1.165, 1.54) is 0 Å². The molecule has 4 N–H and O–H groups in total. The van der Waals surface area contributed by atoms with Gasteiger partial charge in [-0.1, -0.05) is 24.3 Å². The van der Waals surface area contributed by atoms with Crippen molar-refractivity contribution in [2.45, 2.75) is 19.9 Å². The predicted octanol–water partition coefficient (Wildman–Crippen LogP) is 4.64. The monoisotopic (exact) mass is 375 g/mol. The van der Waals surface area contributed by atoms with Crippen LogP contribution in [-0.2, 0) is 0 Å². The van der Waals surface area contributed by atoms with E-state index in [2.05, 4.69) is 52.7 Å². The van der Waals surface area contributed by atoms with Gasteiger partial charge in [0, 0.05) is 23.5 Å². The summed E-state index contributed by atoms with van der Waals surface area (Å²) in [4.78, 5) is 8.74. The summed E-state index contributed by atoms with van der Waals surface area (Å²) in [5.41, 5.74) is 9.95. The van der Waals surface area contributed by atoms with Crippen LogP contribution in [0.4, 0.5) is 17.2 Å². The van der Waals surface area contributed by atoms with Crippen molar-refractivity contribution < 1.29 is 4.74 Å². The van der Waals surface area contributed by atoms with Gasteiger partial charge in [-0.15, -0.1) is 0 Å². The maximum absolute atomic E-state index is 6.01. The van der Waals surface area contributed by atoms with Gasteiger partial charge in [-0.3, -0.25) is 0 Å². The fraction of sp³-hybridized carbons (Fsp3) is 0.182. The van der Waals surface area contributed by atoms with Crippen LogP contribution in [0.15, 0.2) is 71.9 Å².